The van der Waals surface area contributed by atoms with Crippen LogP contribution in [-0.2, 0) is 23.9 Å². The highest BCUT2D eigenvalue weighted by Gasteiger charge is 2.79. The molecule has 11 heteroatoms. The van der Waals surface area contributed by atoms with Gasteiger partial charge in [0.25, 0.3) is 5.79 Å². The van der Waals surface area contributed by atoms with Crippen molar-refractivity contribution in [1.29, 1.82) is 0 Å². The fourth-order valence-electron chi connectivity index (χ4n) is 3.74. The van der Waals surface area contributed by atoms with E-state index in [2.05, 4.69) is 0 Å². The van der Waals surface area contributed by atoms with Gasteiger partial charge in [-0.2, -0.15) is 0 Å². The van der Waals surface area contributed by atoms with E-state index in [1.165, 1.54) is 0 Å². The molecular weight excluding hydrogens is 392 g/mol. The van der Waals surface area contributed by atoms with Gasteiger partial charge in [0.15, 0.2) is 12.1 Å². The number of rotatable bonds is 8. The van der Waals surface area contributed by atoms with E-state index in [0.717, 1.165) is 41.5 Å². The van der Waals surface area contributed by atoms with Crippen molar-refractivity contribution in [2.45, 2.75) is 82.9 Å². The first-order valence-electron chi connectivity index (χ1n) is 8.89. The number of ketones is 2. The largest absolute Gasteiger partial charge is 0.477 e. The van der Waals surface area contributed by atoms with Crippen molar-refractivity contribution in [3.05, 3.63) is 0 Å². The van der Waals surface area contributed by atoms with Crippen molar-refractivity contribution >= 4 is 17.5 Å². The normalized spacial score (nSPS) is 38.9. The Morgan fingerprint density at radius 3 is 1.83 bits per heavy atom. The predicted molar refractivity (Wildman–Crippen MR) is 95.4 cm³/mol. The van der Waals surface area contributed by atoms with Crippen LogP contribution >= 0.6 is 0 Å². The molecule has 6 N–H and O–H groups in total. The molecule has 0 aromatic heterocycles. The smallest absolute Gasteiger partial charge is 0.364 e. The zero-order valence-electron chi connectivity index (χ0n) is 17.3. The summed E-state index contributed by atoms with van der Waals surface area (Å²) in [5.41, 5.74) is -9.99. The number of carboxylic acids is 1. The molecule has 0 spiro atoms. The molecule has 1 aliphatic rings. The molecule has 1 saturated heterocycles. The van der Waals surface area contributed by atoms with E-state index in [9.17, 15) is 45.0 Å². The predicted octanol–water partition coefficient (Wildman–Crippen LogP) is -1.68. The van der Waals surface area contributed by atoms with Crippen LogP contribution in [0.3, 0.4) is 0 Å². The van der Waals surface area contributed by atoms with Crippen molar-refractivity contribution in [2.24, 2.45) is 5.41 Å². The number of ether oxygens (including phenoxy) is 2. The van der Waals surface area contributed by atoms with Gasteiger partial charge in [0.2, 0.25) is 0 Å². The molecule has 1 heterocycles. The van der Waals surface area contributed by atoms with E-state index in [-0.39, 0.29) is 0 Å². The van der Waals surface area contributed by atoms with Crippen LogP contribution in [0.2, 0.25) is 0 Å². The van der Waals surface area contributed by atoms with Crippen LogP contribution in [0.4, 0.5) is 0 Å². The van der Waals surface area contributed by atoms with E-state index in [1.807, 2.05) is 0 Å². The van der Waals surface area contributed by atoms with Crippen LogP contribution in [0.5, 0.6) is 0 Å². The molecule has 3 unspecified atom stereocenters. The number of aliphatic carboxylic acids is 1. The molecule has 0 aromatic rings. The summed E-state index contributed by atoms with van der Waals surface area (Å²) >= 11 is 0. The second-order valence-electron chi connectivity index (χ2n) is 8.44. The first-order valence-corrected chi connectivity index (χ1v) is 8.89. The lowest BCUT2D eigenvalue weighted by Gasteiger charge is -2.66. The topological polar surface area (TPSA) is 191 Å². The Labute approximate surface area is 167 Å². The zero-order valence-corrected chi connectivity index (χ0v) is 17.3. The van der Waals surface area contributed by atoms with Gasteiger partial charge in [0.1, 0.15) is 35.3 Å². The second kappa shape index (κ2) is 7.65. The van der Waals surface area contributed by atoms with Gasteiger partial charge in [-0.05, 0) is 27.7 Å². The Morgan fingerprint density at radius 1 is 0.966 bits per heavy atom. The molecule has 0 aromatic carbocycles. The second-order valence-corrected chi connectivity index (χ2v) is 8.44. The molecular formula is C18H30O11. The lowest BCUT2D eigenvalue weighted by molar-refractivity contribution is -0.446. The summed E-state index contributed by atoms with van der Waals surface area (Å²) in [4.78, 5) is 34.8. The molecule has 0 radical (unpaired) electrons. The zero-order chi connectivity index (χ0) is 23.2. The maximum Gasteiger partial charge on any atom is 0.364 e. The summed E-state index contributed by atoms with van der Waals surface area (Å²) in [7, 11) is 0. The first kappa shape index (κ1) is 25.6. The highest BCUT2D eigenvalue weighted by atomic mass is 16.7. The third-order valence-corrected chi connectivity index (χ3v) is 6.14. The SMILES string of the molecule is CC(=O)COC(O)C(O)C1(C)O[C@](O)(C(=O)O)C(C)(C)[C@@](C)(O)[C@@]1(O)CC(C)=O. The molecule has 11 nitrogen and oxygen atoms in total. The third-order valence-electron chi connectivity index (χ3n) is 6.14. The van der Waals surface area contributed by atoms with E-state index in [4.69, 9.17) is 9.47 Å². The number of hydrogen-bond acceptors (Lipinski definition) is 10. The molecule has 0 aliphatic carbocycles. The maximum atomic E-state index is 11.9. The molecule has 0 bridgehead atoms. The lowest BCUT2D eigenvalue weighted by atomic mass is 9.53. The Hall–Kier alpha value is -1.47. The monoisotopic (exact) mass is 422 g/mol. The third kappa shape index (κ3) is 3.61. The number of carbonyl (C=O) groups excluding carboxylic acids is 2. The van der Waals surface area contributed by atoms with Gasteiger partial charge >= 0.3 is 5.97 Å². The number of aliphatic hydroxyl groups is 5. The average molecular weight is 422 g/mol. The summed E-state index contributed by atoms with van der Waals surface area (Å²) in [5.74, 6) is -6.27. The number of Topliss-reactive ketones (excluding diaryl/α,β-unsaturated/α-hetero) is 2. The van der Waals surface area contributed by atoms with Gasteiger partial charge in [0.05, 0.1) is 5.41 Å². The Bertz CT molecular complexity index is 687. The number of aliphatic hydroxyl groups excluding tert-OH is 2. The quantitative estimate of drug-likeness (QED) is 0.245. The number of carbonyl (C=O) groups is 3. The van der Waals surface area contributed by atoms with Crippen molar-refractivity contribution in [1.82, 2.24) is 0 Å². The molecule has 29 heavy (non-hydrogen) atoms. The van der Waals surface area contributed by atoms with Crippen LogP contribution < -0.4 is 0 Å². The van der Waals surface area contributed by atoms with Gasteiger partial charge in [0, 0.05) is 6.42 Å². The van der Waals surface area contributed by atoms with E-state index in [1.54, 1.807) is 0 Å². The summed E-state index contributed by atoms with van der Waals surface area (Å²) < 4.78 is 10.1. The Morgan fingerprint density at radius 2 is 1.45 bits per heavy atom. The number of hydrogen-bond donors (Lipinski definition) is 6. The highest BCUT2D eigenvalue weighted by Crippen LogP contribution is 2.59. The van der Waals surface area contributed by atoms with Crippen LogP contribution in [0, 0.1) is 5.41 Å². The first-order chi connectivity index (χ1) is 12.8. The van der Waals surface area contributed by atoms with Crippen molar-refractivity contribution in [2.75, 3.05) is 6.61 Å². The van der Waals surface area contributed by atoms with Crippen LogP contribution in [0.15, 0.2) is 0 Å². The Kier molecular flexibility index (Phi) is 6.75. The molecule has 6 atom stereocenters. The summed E-state index contributed by atoms with van der Waals surface area (Å²) in [6, 6.07) is 0. The van der Waals surface area contributed by atoms with E-state index >= 15 is 0 Å². The number of carboxylic acid groups (broad SMARTS) is 1. The molecule has 0 saturated carbocycles. The lowest BCUT2D eigenvalue weighted by Crippen LogP contribution is -2.85. The van der Waals surface area contributed by atoms with E-state index in [0.29, 0.717) is 0 Å². The van der Waals surface area contributed by atoms with Crippen molar-refractivity contribution < 1.29 is 54.5 Å². The van der Waals surface area contributed by atoms with Gasteiger partial charge in [-0.15, -0.1) is 0 Å². The minimum Gasteiger partial charge on any atom is -0.477 e. The summed E-state index contributed by atoms with van der Waals surface area (Å²) in [6.45, 7) is 5.68. The Balaban J connectivity index is 3.71. The minimum absolute atomic E-state index is 0.514. The van der Waals surface area contributed by atoms with Gasteiger partial charge in [-0.25, -0.2) is 4.79 Å². The molecule has 1 fully saturated rings. The molecule has 0 amide bonds. The standard InChI is InChI=1S/C18H30O11/c1-9(19)7-17(26)15(5,11(21)12(22)28-8-10(2)20)29-18(27,13(23)24)14(3,4)16(17,6)25/h11-12,21-22,25-27H,7-8H2,1-6H3,(H,23,24)/t11?,12?,15?,16-,17-,18-/m1/s1. The van der Waals surface area contributed by atoms with Crippen LogP contribution in [0.25, 0.3) is 0 Å². The van der Waals surface area contributed by atoms with Gasteiger partial charge in [-0.3, -0.25) is 9.59 Å². The summed E-state index contributed by atoms with van der Waals surface area (Å²) in [6.07, 6.45) is -5.32. The highest BCUT2D eigenvalue weighted by molar-refractivity contribution is 5.79. The van der Waals surface area contributed by atoms with E-state index < -0.39 is 71.0 Å². The summed E-state index contributed by atoms with van der Waals surface area (Å²) in [5, 5.41) is 63.9. The fourth-order valence-corrected chi connectivity index (χ4v) is 3.74. The molecule has 1 aliphatic heterocycles. The van der Waals surface area contributed by atoms with Gasteiger partial charge < -0.3 is 40.1 Å². The average Bonchev–Trinajstić information content (AvgIpc) is 2.56. The van der Waals surface area contributed by atoms with Crippen LogP contribution in [-0.4, -0.2) is 89.8 Å². The fraction of sp³-hybridized carbons (Fsp3) is 0.833. The van der Waals surface area contributed by atoms with Crippen molar-refractivity contribution in [3.63, 3.8) is 0 Å². The maximum absolute atomic E-state index is 11.9. The molecule has 1 rings (SSSR count). The van der Waals surface area contributed by atoms with Crippen LogP contribution in [0.1, 0.15) is 48.0 Å². The molecule has 168 valence electrons. The van der Waals surface area contributed by atoms with Crippen molar-refractivity contribution in [3.8, 4) is 0 Å². The van der Waals surface area contributed by atoms with Gasteiger partial charge in [-0.1, -0.05) is 13.8 Å². The minimum atomic E-state index is -3.16.